The van der Waals surface area contributed by atoms with Gasteiger partial charge < -0.3 is 10.6 Å². The number of nitrogens with zero attached hydrogens (tertiary/aromatic N) is 1. The van der Waals surface area contributed by atoms with E-state index < -0.39 is 0 Å². The minimum atomic E-state index is 0.280. The number of hydrogen-bond donors (Lipinski definition) is 1. The molecule has 5 atom stereocenters. The first-order valence-electron chi connectivity index (χ1n) is 9.25. The summed E-state index contributed by atoms with van der Waals surface area (Å²) < 4.78 is 0. The molecule has 2 N–H and O–H groups in total. The molecule has 3 nitrogen and oxygen atoms in total. The number of hydrogen-bond acceptors (Lipinski definition) is 2. The molecule has 0 aromatic heterocycles. The highest BCUT2D eigenvalue weighted by Crippen LogP contribution is 2.61. The van der Waals surface area contributed by atoms with E-state index in [4.69, 9.17) is 5.73 Å². The lowest BCUT2D eigenvalue weighted by atomic mass is 9.59. The number of nitrogens with two attached hydrogens (primary N) is 1. The molecule has 4 rings (SSSR count). The maximum atomic E-state index is 12.9. The van der Waals surface area contributed by atoms with Crippen molar-refractivity contribution in [2.75, 3.05) is 13.1 Å². The van der Waals surface area contributed by atoms with Crippen LogP contribution in [0.2, 0.25) is 0 Å². The number of rotatable bonds is 1. The first-order valence-corrected chi connectivity index (χ1v) is 9.25. The Balaban J connectivity index is 1.49. The zero-order valence-corrected chi connectivity index (χ0v) is 13.2. The average Bonchev–Trinajstić information content (AvgIpc) is 3.11. The number of fused-ring (bicyclic) bond motifs is 3. The number of piperidine rings is 1. The second-order valence-electron chi connectivity index (χ2n) is 8.21. The molecule has 3 unspecified atom stereocenters. The van der Waals surface area contributed by atoms with Gasteiger partial charge in [0.25, 0.3) is 0 Å². The summed E-state index contributed by atoms with van der Waals surface area (Å²) in [4.78, 5) is 15.0. The molecule has 0 aromatic carbocycles. The van der Waals surface area contributed by atoms with Gasteiger partial charge in [-0.25, -0.2) is 0 Å². The van der Waals surface area contributed by atoms with Crippen molar-refractivity contribution in [3.8, 4) is 0 Å². The van der Waals surface area contributed by atoms with Crippen molar-refractivity contribution >= 4 is 5.91 Å². The van der Waals surface area contributed by atoms with Crippen molar-refractivity contribution in [1.82, 2.24) is 4.90 Å². The number of likely N-dealkylation sites (tertiary alicyclic amines) is 1. The van der Waals surface area contributed by atoms with E-state index in [0.29, 0.717) is 17.4 Å². The predicted molar refractivity (Wildman–Crippen MR) is 83.6 cm³/mol. The number of carbonyl (C=O) groups is 1. The smallest absolute Gasteiger partial charge is 0.225 e. The lowest BCUT2D eigenvalue weighted by molar-refractivity contribution is -0.140. The molecule has 2 bridgehead atoms. The highest BCUT2D eigenvalue weighted by molar-refractivity contribution is 5.79. The largest absolute Gasteiger partial charge is 0.342 e. The number of amides is 1. The first-order chi connectivity index (χ1) is 10.2. The van der Waals surface area contributed by atoms with Crippen LogP contribution in [0.15, 0.2) is 0 Å². The van der Waals surface area contributed by atoms with E-state index in [2.05, 4.69) is 4.90 Å². The van der Waals surface area contributed by atoms with E-state index in [9.17, 15) is 4.79 Å². The standard InChI is InChI=1S/C18H30N2O/c19-16-13-6-7-15(11-13)18(16)8-4-5-14(12-18)17(21)20-9-2-1-3-10-20/h13-16H,1-12,19H2/t13-,14?,15?,16-,18?/m1/s1. The molecule has 1 amide bonds. The van der Waals surface area contributed by atoms with E-state index in [-0.39, 0.29) is 5.92 Å². The summed E-state index contributed by atoms with van der Waals surface area (Å²) in [6.45, 7) is 2.00. The SMILES string of the molecule is N[C@@H]1[C@@H]2CCC(C2)C12CCCC(C(=O)N1CCCCC1)C2. The third-order valence-electron chi connectivity index (χ3n) is 7.30. The fourth-order valence-electron chi connectivity index (χ4n) is 6.20. The van der Waals surface area contributed by atoms with Crippen LogP contribution in [0.3, 0.4) is 0 Å². The fraction of sp³-hybridized carbons (Fsp3) is 0.944. The summed E-state index contributed by atoms with van der Waals surface area (Å²) in [5.74, 6) is 2.33. The second-order valence-corrected chi connectivity index (χ2v) is 8.21. The van der Waals surface area contributed by atoms with Crippen molar-refractivity contribution in [3.63, 3.8) is 0 Å². The quantitative estimate of drug-likeness (QED) is 0.807. The van der Waals surface area contributed by atoms with E-state index in [1.165, 1.54) is 51.4 Å². The summed E-state index contributed by atoms with van der Waals surface area (Å²) in [5, 5.41) is 0. The van der Waals surface area contributed by atoms with Crippen LogP contribution in [0, 0.1) is 23.2 Å². The summed E-state index contributed by atoms with van der Waals surface area (Å²) in [6, 6.07) is 0.383. The van der Waals surface area contributed by atoms with Gasteiger partial charge in [0.1, 0.15) is 0 Å². The monoisotopic (exact) mass is 290 g/mol. The van der Waals surface area contributed by atoms with Gasteiger partial charge in [0.05, 0.1) is 0 Å². The third kappa shape index (κ3) is 2.15. The van der Waals surface area contributed by atoms with Crippen LogP contribution >= 0.6 is 0 Å². The molecule has 3 heteroatoms. The Morgan fingerprint density at radius 3 is 2.57 bits per heavy atom. The highest BCUT2D eigenvalue weighted by Gasteiger charge is 2.58. The topological polar surface area (TPSA) is 46.3 Å². The molecule has 3 aliphatic carbocycles. The third-order valence-corrected chi connectivity index (χ3v) is 7.30. The summed E-state index contributed by atoms with van der Waals surface area (Å²) in [6.07, 6.45) is 12.5. The minimum Gasteiger partial charge on any atom is -0.342 e. The van der Waals surface area contributed by atoms with Crippen molar-refractivity contribution in [3.05, 3.63) is 0 Å². The normalized spacial score (nSPS) is 46.2. The predicted octanol–water partition coefficient (Wildman–Crippen LogP) is 2.93. The van der Waals surface area contributed by atoms with Crippen LogP contribution in [-0.2, 0) is 4.79 Å². The Labute approximate surface area is 128 Å². The van der Waals surface area contributed by atoms with Gasteiger partial charge in [-0.15, -0.1) is 0 Å². The van der Waals surface area contributed by atoms with Gasteiger partial charge in [-0.1, -0.05) is 6.42 Å². The zero-order chi connectivity index (χ0) is 14.4. The van der Waals surface area contributed by atoms with Gasteiger partial charge in [-0.05, 0) is 75.0 Å². The van der Waals surface area contributed by atoms with Crippen molar-refractivity contribution in [2.24, 2.45) is 28.9 Å². The van der Waals surface area contributed by atoms with Gasteiger partial charge in [0, 0.05) is 25.0 Å². The van der Waals surface area contributed by atoms with Crippen LogP contribution in [0.1, 0.15) is 64.2 Å². The molecule has 1 spiro atoms. The number of carbonyl (C=O) groups excluding carboxylic acids is 1. The Kier molecular flexibility index (Phi) is 3.52. The Morgan fingerprint density at radius 1 is 1.05 bits per heavy atom. The second kappa shape index (κ2) is 5.26. The molecule has 1 heterocycles. The lowest BCUT2D eigenvalue weighted by Gasteiger charge is -2.48. The molecule has 1 aliphatic heterocycles. The van der Waals surface area contributed by atoms with Gasteiger partial charge >= 0.3 is 0 Å². The van der Waals surface area contributed by atoms with E-state index >= 15 is 0 Å². The van der Waals surface area contributed by atoms with Crippen LogP contribution in [0.4, 0.5) is 0 Å². The van der Waals surface area contributed by atoms with E-state index in [1.807, 2.05) is 0 Å². The van der Waals surface area contributed by atoms with Gasteiger partial charge in [-0.3, -0.25) is 4.79 Å². The molecule has 3 saturated carbocycles. The van der Waals surface area contributed by atoms with Crippen LogP contribution in [0.25, 0.3) is 0 Å². The van der Waals surface area contributed by atoms with E-state index in [0.717, 1.165) is 37.8 Å². The first kappa shape index (κ1) is 14.0. The lowest BCUT2D eigenvalue weighted by Crippen LogP contribution is -2.51. The molecule has 0 radical (unpaired) electrons. The maximum Gasteiger partial charge on any atom is 0.225 e. The van der Waals surface area contributed by atoms with Gasteiger partial charge in [0.15, 0.2) is 0 Å². The maximum absolute atomic E-state index is 12.9. The molecule has 118 valence electrons. The molecular weight excluding hydrogens is 260 g/mol. The van der Waals surface area contributed by atoms with Crippen molar-refractivity contribution < 1.29 is 4.79 Å². The minimum absolute atomic E-state index is 0.280. The molecule has 4 fully saturated rings. The summed E-state index contributed by atoms with van der Waals surface area (Å²) >= 11 is 0. The molecular formula is C18H30N2O. The van der Waals surface area contributed by atoms with E-state index in [1.54, 1.807) is 0 Å². The average molecular weight is 290 g/mol. The Morgan fingerprint density at radius 2 is 1.86 bits per heavy atom. The van der Waals surface area contributed by atoms with Gasteiger partial charge in [0.2, 0.25) is 5.91 Å². The summed E-state index contributed by atoms with van der Waals surface area (Å²) in [7, 11) is 0. The zero-order valence-electron chi connectivity index (χ0n) is 13.2. The van der Waals surface area contributed by atoms with Crippen LogP contribution in [0.5, 0.6) is 0 Å². The molecule has 21 heavy (non-hydrogen) atoms. The van der Waals surface area contributed by atoms with Crippen LogP contribution < -0.4 is 5.73 Å². The van der Waals surface area contributed by atoms with Crippen molar-refractivity contribution in [1.29, 1.82) is 0 Å². The molecule has 4 aliphatic rings. The molecule has 1 saturated heterocycles. The fourth-order valence-corrected chi connectivity index (χ4v) is 6.20. The molecule has 0 aromatic rings. The highest BCUT2D eigenvalue weighted by atomic mass is 16.2. The summed E-state index contributed by atoms with van der Waals surface area (Å²) in [5.41, 5.74) is 6.98. The van der Waals surface area contributed by atoms with Crippen molar-refractivity contribution in [2.45, 2.75) is 70.3 Å². The van der Waals surface area contributed by atoms with Gasteiger partial charge in [-0.2, -0.15) is 0 Å². The Bertz CT molecular complexity index is 413. The Hall–Kier alpha value is -0.570. The van der Waals surface area contributed by atoms with Crippen LogP contribution in [-0.4, -0.2) is 29.9 Å².